The summed E-state index contributed by atoms with van der Waals surface area (Å²) in [6.45, 7) is 0. The van der Waals surface area contributed by atoms with Gasteiger partial charge in [0, 0.05) is 16.5 Å². The second kappa shape index (κ2) is 9.94. The minimum atomic E-state index is 1.16. The van der Waals surface area contributed by atoms with E-state index >= 15 is 0 Å². The first-order valence-corrected chi connectivity index (χ1v) is 17.8. The quantitative estimate of drug-likeness (QED) is 0.169. The van der Waals surface area contributed by atoms with Gasteiger partial charge in [0.15, 0.2) is 0 Å². The number of nitrogens with zero attached hydrogens (tertiary/aromatic N) is 1. The Balaban J connectivity index is 1.21. The van der Waals surface area contributed by atoms with Gasteiger partial charge in [0.2, 0.25) is 0 Å². The lowest BCUT2D eigenvalue weighted by Gasteiger charge is -2.18. The molecule has 0 aliphatic heterocycles. The molecule has 0 aliphatic rings. The number of hydrogen-bond acceptors (Lipinski definition) is 0. The van der Waals surface area contributed by atoms with Gasteiger partial charge in [-0.1, -0.05) is 146 Å². The van der Waals surface area contributed by atoms with E-state index in [0.717, 1.165) is 5.69 Å². The maximum Gasteiger partial charge on any atom is 0.0541 e. The average molecular weight is 644 g/mol. The summed E-state index contributed by atoms with van der Waals surface area (Å²) in [4.78, 5) is 0. The van der Waals surface area contributed by atoms with Gasteiger partial charge in [-0.15, -0.1) is 0 Å². The van der Waals surface area contributed by atoms with Crippen molar-refractivity contribution in [3.8, 4) is 27.9 Å². The zero-order chi connectivity index (χ0) is 33.2. The molecule has 1 heteroatoms. The molecule has 0 bridgehead atoms. The molecular weight excluding hydrogens is 615 g/mol. The van der Waals surface area contributed by atoms with E-state index in [4.69, 9.17) is 0 Å². The monoisotopic (exact) mass is 643 g/mol. The van der Waals surface area contributed by atoms with Crippen LogP contribution in [0.15, 0.2) is 176 Å². The van der Waals surface area contributed by atoms with Crippen molar-refractivity contribution in [3.05, 3.63) is 176 Å². The molecule has 0 saturated heterocycles. The van der Waals surface area contributed by atoms with Gasteiger partial charge in [-0.2, -0.15) is 0 Å². The van der Waals surface area contributed by atoms with Crippen molar-refractivity contribution < 1.29 is 0 Å². The van der Waals surface area contributed by atoms with Crippen molar-refractivity contribution in [1.29, 1.82) is 0 Å². The summed E-state index contributed by atoms with van der Waals surface area (Å²) in [6.07, 6.45) is 0. The molecule has 234 valence electrons. The molecule has 1 nitrogen and oxygen atoms in total. The Hall–Kier alpha value is -6.70. The standard InChI is InChI=1S/C50H29N/c1-3-13-45-41(11-1)42-12-2-4-14-46(42)51(45)38-28-36(39-23-19-34-17-15-30-7-5-9-32-21-25-43(39)49(34)47(30)32)27-37(29-38)40-24-20-35-18-16-31-8-6-10-33-22-26-44(40)50(35)48(31)33/h1-29H. The normalized spacial score (nSPS) is 12.3. The largest absolute Gasteiger partial charge is 0.309 e. The van der Waals surface area contributed by atoms with Crippen molar-refractivity contribution in [1.82, 2.24) is 4.57 Å². The molecule has 0 aliphatic carbocycles. The Bertz CT molecular complexity index is 3110. The number of hydrogen-bond donors (Lipinski definition) is 0. The fourth-order valence-electron chi connectivity index (χ4n) is 9.23. The fourth-order valence-corrected chi connectivity index (χ4v) is 9.23. The van der Waals surface area contributed by atoms with E-state index in [9.17, 15) is 0 Å². The van der Waals surface area contributed by atoms with Crippen LogP contribution in [0, 0.1) is 0 Å². The van der Waals surface area contributed by atoms with Crippen LogP contribution >= 0.6 is 0 Å². The Morgan fingerprint density at radius 3 is 1.14 bits per heavy atom. The molecule has 1 aromatic heterocycles. The molecule has 0 atom stereocenters. The molecule has 0 radical (unpaired) electrons. The Morgan fingerprint density at radius 2 is 0.667 bits per heavy atom. The Labute approximate surface area is 293 Å². The van der Waals surface area contributed by atoms with Gasteiger partial charge < -0.3 is 4.57 Å². The molecular formula is C50H29N. The first kappa shape index (κ1) is 27.2. The summed E-state index contributed by atoms with van der Waals surface area (Å²) in [6, 6.07) is 65.8. The minimum Gasteiger partial charge on any atom is -0.309 e. The van der Waals surface area contributed by atoms with E-state index in [1.54, 1.807) is 0 Å². The maximum atomic E-state index is 2.46. The van der Waals surface area contributed by atoms with E-state index in [2.05, 4.69) is 180 Å². The van der Waals surface area contributed by atoms with Crippen LogP contribution in [0.4, 0.5) is 0 Å². The predicted octanol–water partition coefficient (Wildman–Crippen LogP) is 13.9. The molecule has 0 saturated carbocycles. The third-order valence-electron chi connectivity index (χ3n) is 11.4. The van der Waals surface area contributed by atoms with Crippen molar-refractivity contribution in [2.24, 2.45) is 0 Å². The highest BCUT2D eigenvalue weighted by Crippen LogP contribution is 2.44. The highest BCUT2D eigenvalue weighted by Gasteiger charge is 2.19. The molecule has 1 heterocycles. The maximum absolute atomic E-state index is 2.46. The van der Waals surface area contributed by atoms with Crippen LogP contribution in [-0.4, -0.2) is 4.57 Å². The Morgan fingerprint density at radius 1 is 0.275 bits per heavy atom. The molecule has 11 aromatic carbocycles. The van der Waals surface area contributed by atoms with Crippen LogP contribution < -0.4 is 0 Å². The van der Waals surface area contributed by atoms with Gasteiger partial charge in [-0.25, -0.2) is 0 Å². The molecule has 0 N–H and O–H groups in total. The smallest absolute Gasteiger partial charge is 0.0541 e. The lowest BCUT2D eigenvalue weighted by Crippen LogP contribution is -1.97. The first-order valence-electron chi connectivity index (χ1n) is 17.8. The van der Waals surface area contributed by atoms with Crippen LogP contribution in [-0.2, 0) is 0 Å². The molecule has 0 spiro atoms. The van der Waals surface area contributed by atoms with E-state index in [0.29, 0.717) is 0 Å². The van der Waals surface area contributed by atoms with Gasteiger partial charge in [0.05, 0.1) is 11.0 Å². The molecule has 0 amide bonds. The van der Waals surface area contributed by atoms with E-state index < -0.39 is 0 Å². The average Bonchev–Trinajstić information content (AvgIpc) is 3.53. The minimum absolute atomic E-state index is 1.16. The number of fused-ring (bicyclic) bond motifs is 3. The zero-order valence-electron chi connectivity index (χ0n) is 27.7. The molecule has 12 rings (SSSR count). The number of aromatic nitrogens is 1. The van der Waals surface area contributed by atoms with Crippen molar-refractivity contribution >= 4 is 86.4 Å². The highest BCUT2D eigenvalue weighted by molar-refractivity contribution is 6.27. The van der Waals surface area contributed by atoms with E-state index in [1.807, 2.05) is 0 Å². The SMILES string of the molecule is c1cc2ccc3ccc(-c4cc(-c5ccc6ccc7cccc8ccc5c6c78)cc(-n5c6ccccc6c6ccccc65)c4)c4ccc(c1)c2c34. The predicted molar refractivity (Wildman–Crippen MR) is 219 cm³/mol. The van der Waals surface area contributed by atoms with E-state index in [-0.39, 0.29) is 0 Å². The third kappa shape index (κ3) is 3.70. The lowest BCUT2D eigenvalue weighted by atomic mass is 9.87. The summed E-state index contributed by atoms with van der Waals surface area (Å²) in [7, 11) is 0. The van der Waals surface area contributed by atoms with Gasteiger partial charge >= 0.3 is 0 Å². The Kier molecular flexibility index (Phi) is 5.29. The molecule has 51 heavy (non-hydrogen) atoms. The van der Waals surface area contributed by atoms with Crippen LogP contribution in [0.2, 0.25) is 0 Å². The van der Waals surface area contributed by atoms with E-state index in [1.165, 1.54) is 109 Å². The number of benzene rings is 11. The summed E-state index contributed by atoms with van der Waals surface area (Å²) in [5.74, 6) is 0. The van der Waals surface area contributed by atoms with Gasteiger partial charge in [0.1, 0.15) is 0 Å². The topological polar surface area (TPSA) is 4.93 Å². The van der Waals surface area contributed by atoms with Crippen molar-refractivity contribution in [2.75, 3.05) is 0 Å². The number of para-hydroxylation sites is 2. The molecule has 0 fully saturated rings. The number of rotatable bonds is 3. The van der Waals surface area contributed by atoms with Crippen LogP contribution in [0.3, 0.4) is 0 Å². The van der Waals surface area contributed by atoms with Gasteiger partial charge in [0.25, 0.3) is 0 Å². The summed E-state index contributed by atoms with van der Waals surface area (Å²) < 4.78 is 2.46. The summed E-state index contributed by atoms with van der Waals surface area (Å²) >= 11 is 0. The lowest BCUT2D eigenvalue weighted by molar-refractivity contribution is 1.18. The summed E-state index contributed by atoms with van der Waals surface area (Å²) in [5.41, 5.74) is 8.53. The van der Waals surface area contributed by atoms with Crippen molar-refractivity contribution in [3.63, 3.8) is 0 Å². The fraction of sp³-hybridized carbons (Fsp3) is 0. The summed E-state index contributed by atoms with van der Waals surface area (Å²) in [5, 5.41) is 18.2. The second-order valence-electron chi connectivity index (χ2n) is 14.1. The molecule has 0 unspecified atom stereocenters. The van der Waals surface area contributed by atoms with Crippen molar-refractivity contribution in [2.45, 2.75) is 0 Å². The third-order valence-corrected chi connectivity index (χ3v) is 11.4. The van der Waals surface area contributed by atoms with Gasteiger partial charge in [-0.3, -0.25) is 0 Å². The van der Waals surface area contributed by atoms with Crippen LogP contribution in [0.25, 0.3) is 114 Å². The van der Waals surface area contributed by atoms with Crippen LogP contribution in [0.5, 0.6) is 0 Å². The van der Waals surface area contributed by atoms with Crippen LogP contribution in [0.1, 0.15) is 0 Å². The highest BCUT2D eigenvalue weighted by atomic mass is 15.0. The zero-order valence-corrected chi connectivity index (χ0v) is 27.7. The first-order chi connectivity index (χ1) is 25.3. The van der Waals surface area contributed by atoms with Gasteiger partial charge in [-0.05, 0) is 117 Å². The molecule has 12 aromatic rings. The second-order valence-corrected chi connectivity index (χ2v) is 14.1.